The topological polar surface area (TPSA) is 66.5 Å². The Kier molecular flexibility index (Phi) is 6.37. The Balaban J connectivity index is 2.29. The van der Waals surface area contributed by atoms with Crippen LogP contribution in [0.15, 0.2) is 40.9 Å². The molecule has 0 radical (unpaired) electrons. The number of carbonyl (C=O) groups is 1. The van der Waals surface area contributed by atoms with E-state index in [9.17, 15) is 13.2 Å². The summed E-state index contributed by atoms with van der Waals surface area (Å²) in [5, 5.41) is 3.10. The molecule has 0 saturated carbocycles. The van der Waals surface area contributed by atoms with Crippen LogP contribution >= 0.6 is 39.1 Å². The second-order valence-electron chi connectivity index (χ2n) is 5.35. The van der Waals surface area contributed by atoms with E-state index in [1.54, 1.807) is 36.4 Å². The van der Waals surface area contributed by atoms with E-state index in [1.807, 2.05) is 6.92 Å². The number of aryl methyl sites for hydroxylation is 1. The maximum Gasteiger partial charge on any atom is 0.245 e. The molecule has 2 aromatic carbocycles. The molecule has 0 aliphatic heterocycles. The third-order valence-electron chi connectivity index (χ3n) is 3.34. The molecule has 0 spiro atoms. The SMILES string of the molecule is Cc1cc(N(CC(=O)Nc2c(Cl)cccc2Cl)S(C)(=O)=O)ccc1Br. The van der Waals surface area contributed by atoms with Gasteiger partial charge in [-0.05, 0) is 42.8 Å². The highest BCUT2D eigenvalue weighted by molar-refractivity contribution is 9.10. The lowest BCUT2D eigenvalue weighted by Gasteiger charge is -2.22. The van der Waals surface area contributed by atoms with E-state index in [4.69, 9.17) is 23.2 Å². The van der Waals surface area contributed by atoms with Crippen LogP contribution < -0.4 is 9.62 Å². The zero-order valence-electron chi connectivity index (χ0n) is 13.4. The van der Waals surface area contributed by atoms with Crippen LogP contribution in [-0.4, -0.2) is 27.1 Å². The summed E-state index contributed by atoms with van der Waals surface area (Å²) in [6, 6.07) is 9.83. The molecule has 9 heteroatoms. The van der Waals surface area contributed by atoms with Crippen LogP contribution in [0, 0.1) is 6.92 Å². The van der Waals surface area contributed by atoms with Crippen LogP contribution in [-0.2, 0) is 14.8 Å². The molecule has 0 fully saturated rings. The molecule has 0 unspecified atom stereocenters. The van der Waals surface area contributed by atoms with Crippen molar-refractivity contribution in [3.63, 3.8) is 0 Å². The average Bonchev–Trinajstić information content (AvgIpc) is 2.50. The Morgan fingerprint density at radius 1 is 1.20 bits per heavy atom. The number of rotatable bonds is 5. The van der Waals surface area contributed by atoms with Crippen molar-refractivity contribution >= 4 is 66.4 Å². The Morgan fingerprint density at radius 2 is 1.80 bits per heavy atom. The first-order valence-corrected chi connectivity index (χ1v) is 10.5. The van der Waals surface area contributed by atoms with Crippen molar-refractivity contribution in [3.05, 3.63) is 56.5 Å². The second-order valence-corrected chi connectivity index (χ2v) is 8.92. The van der Waals surface area contributed by atoms with Gasteiger partial charge in [0.2, 0.25) is 15.9 Å². The summed E-state index contributed by atoms with van der Waals surface area (Å²) in [4.78, 5) is 12.4. The van der Waals surface area contributed by atoms with Crippen molar-refractivity contribution in [1.82, 2.24) is 0 Å². The van der Waals surface area contributed by atoms with Crippen molar-refractivity contribution in [2.75, 3.05) is 22.4 Å². The van der Waals surface area contributed by atoms with E-state index in [2.05, 4.69) is 21.2 Å². The highest BCUT2D eigenvalue weighted by atomic mass is 79.9. The number of carbonyl (C=O) groups excluding carboxylic acids is 1. The van der Waals surface area contributed by atoms with Gasteiger partial charge in [-0.2, -0.15) is 0 Å². The van der Waals surface area contributed by atoms with Crippen LogP contribution in [0.2, 0.25) is 10.0 Å². The molecule has 0 bridgehead atoms. The Hall–Kier alpha value is -1.28. The minimum Gasteiger partial charge on any atom is -0.322 e. The molecule has 5 nitrogen and oxygen atoms in total. The van der Waals surface area contributed by atoms with Crippen LogP contribution in [0.25, 0.3) is 0 Å². The quantitative estimate of drug-likeness (QED) is 0.708. The van der Waals surface area contributed by atoms with Crippen LogP contribution in [0.5, 0.6) is 0 Å². The lowest BCUT2D eigenvalue weighted by atomic mass is 10.2. The summed E-state index contributed by atoms with van der Waals surface area (Å²) in [5.74, 6) is -0.555. The number of nitrogens with zero attached hydrogens (tertiary/aromatic N) is 1. The number of halogens is 3. The molecular weight excluding hydrogens is 451 g/mol. The number of hydrogen-bond acceptors (Lipinski definition) is 3. The summed E-state index contributed by atoms with van der Waals surface area (Å²) < 4.78 is 26.1. The second kappa shape index (κ2) is 7.95. The van der Waals surface area contributed by atoms with E-state index in [0.717, 1.165) is 20.6 Å². The third-order valence-corrected chi connectivity index (χ3v) is 6.00. The van der Waals surface area contributed by atoms with Crippen molar-refractivity contribution in [3.8, 4) is 0 Å². The number of para-hydroxylation sites is 1. The van der Waals surface area contributed by atoms with Crippen molar-refractivity contribution in [1.29, 1.82) is 0 Å². The van der Waals surface area contributed by atoms with Crippen LogP contribution in [0.1, 0.15) is 5.56 Å². The predicted molar refractivity (Wildman–Crippen MR) is 106 cm³/mol. The number of benzene rings is 2. The smallest absolute Gasteiger partial charge is 0.245 e. The largest absolute Gasteiger partial charge is 0.322 e. The van der Waals surface area contributed by atoms with Gasteiger partial charge < -0.3 is 5.32 Å². The van der Waals surface area contributed by atoms with Gasteiger partial charge in [-0.3, -0.25) is 9.10 Å². The fourth-order valence-electron chi connectivity index (χ4n) is 2.11. The first kappa shape index (κ1) is 20.0. The van der Waals surface area contributed by atoms with Crippen molar-refractivity contribution in [2.45, 2.75) is 6.92 Å². The standard InChI is InChI=1S/C16H15BrCl2N2O3S/c1-10-8-11(6-7-12(10)17)21(25(2,23)24)9-15(22)20-16-13(18)4-3-5-14(16)19/h3-8H,9H2,1-2H3,(H,20,22). The van der Waals surface area contributed by atoms with E-state index in [0.29, 0.717) is 5.69 Å². The highest BCUT2D eigenvalue weighted by Crippen LogP contribution is 2.30. The summed E-state index contributed by atoms with van der Waals surface area (Å²) in [7, 11) is -3.66. The molecule has 0 aliphatic carbocycles. The van der Waals surface area contributed by atoms with E-state index >= 15 is 0 Å². The van der Waals surface area contributed by atoms with Crippen molar-refractivity contribution in [2.24, 2.45) is 0 Å². The van der Waals surface area contributed by atoms with E-state index < -0.39 is 22.5 Å². The minimum atomic E-state index is -3.66. The number of anilines is 2. The fourth-order valence-corrected chi connectivity index (χ4v) is 3.70. The molecule has 0 heterocycles. The number of nitrogens with one attached hydrogen (secondary N) is 1. The van der Waals surface area contributed by atoms with Gasteiger partial charge in [-0.1, -0.05) is 45.2 Å². The first-order chi connectivity index (χ1) is 11.6. The molecule has 2 aromatic rings. The Bertz CT molecular complexity index is 899. The third kappa shape index (κ3) is 5.10. The van der Waals surface area contributed by atoms with Gasteiger partial charge in [0.15, 0.2) is 0 Å². The van der Waals surface area contributed by atoms with Gasteiger partial charge in [0.05, 0.1) is 27.7 Å². The highest BCUT2D eigenvalue weighted by Gasteiger charge is 2.22. The van der Waals surface area contributed by atoms with E-state index in [-0.39, 0.29) is 15.7 Å². The molecule has 134 valence electrons. The molecule has 0 aromatic heterocycles. The number of amides is 1. The monoisotopic (exact) mass is 464 g/mol. The van der Waals surface area contributed by atoms with Crippen LogP contribution in [0.3, 0.4) is 0 Å². The summed E-state index contributed by atoms with van der Waals surface area (Å²) in [6.07, 6.45) is 1.04. The fraction of sp³-hybridized carbons (Fsp3) is 0.188. The minimum absolute atomic E-state index is 0.247. The summed E-state index contributed by atoms with van der Waals surface area (Å²) in [5.41, 5.74) is 1.49. The molecule has 0 saturated heterocycles. The lowest BCUT2D eigenvalue weighted by molar-refractivity contribution is -0.114. The zero-order valence-corrected chi connectivity index (χ0v) is 17.3. The zero-order chi connectivity index (χ0) is 18.8. The molecule has 1 amide bonds. The van der Waals surface area contributed by atoms with Crippen LogP contribution in [0.4, 0.5) is 11.4 Å². The lowest BCUT2D eigenvalue weighted by Crippen LogP contribution is -2.37. The van der Waals surface area contributed by atoms with Gasteiger partial charge in [0.1, 0.15) is 6.54 Å². The molecule has 0 aliphatic rings. The van der Waals surface area contributed by atoms with E-state index in [1.165, 1.54) is 0 Å². The molecule has 2 rings (SSSR count). The number of sulfonamides is 1. The normalized spacial score (nSPS) is 11.2. The molecule has 1 N–H and O–H groups in total. The molecule has 0 atom stereocenters. The van der Waals surface area contributed by atoms with Gasteiger partial charge in [0, 0.05) is 4.47 Å². The maximum atomic E-state index is 12.4. The van der Waals surface area contributed by atoms with Crippen molar-refractivity contribution < 1.29 is 13.2 Å². The van der Waals surface area contributed by atoms with Gasteiger partial charge in [0.25, 0.3) is 0 Å². The Morgan fingerprint density at radius 3 is 2.32 bits per heavy atom. The Labute approximate surface area is 165 Å². The van der Waals surface area contributed by atoms with Gasteiger partial charge >= 0.3 is 0 Å². The van der Waals surface area contributed by atoms with Gasteiger partial charge in [-0.25, -0.2) is 8.42 Å². The number of hydrogen-bond donors (Lipinski definition) is 1. The predicted octanol–water partition coefficient (Wildman–Crippen LogP) is 4.47. The molecular formula is C16H15BrCl2N2O3S. The molecule has 25 heavy (non-hydrogen) atoms. The maximum absolute atomic E-state index is 12.4. The first-order valence-electron chi connectivity index (χ1n) is 7.07. The summed E-state index contributed by atoms with van der Waals surface area (Å²) >= 11 is 15.4. The van der Waals surface area contributed by atoms with Gasteiger partial charge in [-0.15, -0.1) is 0 Å². The summed E-state index contributed by atoms with van der Waals surface area (Å²) in [6.45, 7) is 1.43. The average molecular weight is 466 g/mol.